The van der Waals surface area contributed by atoms with Crippen LogP contribution in [0.2, 0.25) is 0 Å². The summed E-state index contributed by atoms with van der Waals surface area (Å²) in [4.78, 5) is 32.6. The van der Waals surface area contributed by atoms with E-state index in [-0.39, 0.29) is 12.2 Å². The molecule has 0 aliphatic heterocycles. The molecule has 0 unspecified atom stereocenters. The number of Topliss-reactive ketones (excluding diaryl/α,β-unsaturated/α-hetero) is 1. The van der Waals surface area contributed by atoms with Crippen molar-refractivity contribution in [3.8, 4) is 0 Å². The topological polar surface area (TPSA) is 80.7 Å². The maximum atomic E-state index is 12.3. The van der Waals surface area contributed by atoms with Crippen LogP contribution in [0.1, 0.15) is 24.0 Å². The minimum atomic E-state index is -4.46. The lowest BCUT2D eigenvalue weighted by atomic mass is 10.1. The Labute approximate surface area is 117 Å². The van der Waals surface area contributed by atoms with Gasteiger partial charge in [-0.15, -0.1) is 0 Å². The Hall–Kier alpha value is -2.38. The number of aliphatic carboxylic acids is 1. The van der Waals surface area contributed by atoms with Gasteiger partial charge in [-0.05, 0) is 17.7 Å². The van der Waals surface area contributed by atoms with Gasteiger partial charge in [0.15, 0.2) is 0 Å². The number of esters is 1. The van der Waals surface area contributed by atoms with Gasteiger partial charge in [0.2, 0.25) is 5.78 Å². The molecule has 114 valence electrons. The lowest BCUT2D eigenvalue weighted by Crippen LogP contribution is -2.18. The van der Waals surface area contributed by atoms with Crippen molar-refractivity contribution in [3.63, 3.8) is 0 Å². The van der Waals surface area contributed by atoms with Crippen molar-refractivity contribution in [2.24, 2.45) is 0 Å². The fraction of sp³-hybridized carbons (Fsp3) is 0.308. The number of benzene rings is 1. The van der Waals surface area contributed by atoms with Gasteiger partial charge in [0.05, 0.1) is 12.0 Å². The molecule has 0 atom stereocenters. The van der Waals surface area contributed by atoms with Crippen LogP contribution in [-0.4, -0.2) is 22.8 Å². The highest BCUT2D eigenvalue weighted by Gasteiger charge is 2.29. The van der Waals surface area contributed by atoms with Crippen LogP contribution in [0, 0.1) is 0 Å². The van der Waals surface area contributed by atoms with Gasteiger partial charge >= 0.3 is 18.1 Å². The number of carbonyl (C=O) groups excluding carboxylic acids is 2. The summed E-state index contributed by atoms with van der Waals surface area (Å²) in [6.07, 6.45) is -5.43. The Bertz CT molecular complexity index is 534. The predicted molar refractivity (Wildman–Crippen MR) is 63.1 cm³/mol. The molecule has 1 rings (SSSR count). The standard InChI is InChI=1S/C13H11F3O5/c14-13(15,16)9-3-1-8(2-4-9)7-21-12(20)10(17)5-6-11(18)19/h1-4H,5-7H2,(H,18,19). The third kappa shape index (κ3) is 5.64. The molecule has 1 N–H and O–H groups in total. The third-order valence-corrected chi connectivity index (χ3v) is 2.44. The van der Waals surface area contributed by atoms with Gasteiger partial charge in [-0.2, -0.15) is 13.2 Å². The van der Waals surface area contributed by atoms with Crippen LogP contribution in [0.15, 0.2) is 24.3 Å². The first-order valence-electron chi connectivity index (χ1n) is 5.78. The van der Waals surface area contributed by atoms with Crippen LogP contribution in [0.3, 0.4) is 0 Å². The molecule has 1 aromatic carbocycles. The van der Waals surface area contributed by atoms with Crippen LogP contribution in [0.5, 0.6) is 0 Å². The first kappa shape index (κ1) is 16.7. The van der Waals surface area contributed by atoms with Crippen LogP contribution >= 0.6 is 0 Å². The summed E-state index contributed by atoms with van der Waals surface area (Å²) in [5.74, 6) is -3.43. The number of alkyl halides is 3. The zero-order valence-corrected chi connectivity index (χ0v) is 10.6. The number of ketones is 1. The number of hydrogen-bond donors (Lipinski definition) is 1. The minimum absolute atomic E-state index is 0.280. The van der Waals surface area contributed by atoms with Crippen molar-refractivity contribution in [1.82, 2.24) is 0 Å². The van der Waals surface area contributed by atoms with E-state index in [0.717, 1.165) is 24.3 Å². The van der Waals surface area contributed by atoms with Gasteiger partial charge in [0.25, 0.3) is 0 Å². The molecule has 1 aromatic rings. The summed E-state index contributed by atoms with van der Waals surface area (Å²) >= 11 is 0. The zero-order chi connectivity index (χ0) is 16.0. The van der Waals surface area contributed by atoms with Crippen molar-refractivity contribution in [2.45, 2.75) is 25.6 Å². The average Bonchev–Trinajstić information content (AvgIpc) is 2.41. The summed E-state index contributed by atoms with van der Waals surface area (Å²) in [7, 11) is 0. The van der Waals surface area contributed by atoms with E-state index in [4.69, 9.17) is 5.11 Å². The zero-order valence-electron chi connectivity index (χ0n) is 10.6. The maximum absolute atomic E-state index is 12.3. The van der Waals surface area contributed by atoms with E-state index in [1.807, 2.05) is 0 Å². The van der Waals surface area contributed by atoms with E-state index in [1.54, 1.807) is 0 Å². The molecule has 0 amide bonds. The fourth-order valence-electron chi connectivity index (χ4n) is 1.34. The summed E-state index contributed by atoms with van der Waals surface area (Å²) in [5, 5.41) is 8.35. The van der Waals surface area contributed by atoms with E-state index in [1.165, 1.54) is 0 Å². The van der Waals surface area contributed by atoms with Gasteiger partial charge in [0, 0.05) is 6.42 Å². The number of carboxylic acids is 1. The number of ether oxygens (including phenoxy) is 1. The molecular formula is C13H11F3O5. The normalized spacial score (nSPS) is 11.0. The number of halogens is 3. The maximum Gasteiger partial charge on any atom is 0.416 e. The summed E-state index contributed by atoms with van der Waals surface area (Å²) < 4.78 is 41.5. The van der Waals surface area contributed by atoms with Gasteiger partial charge in [0.1, 0.15) is 6.61 Å². The van der Waals surface area contributed by atoms with Crippen molar-refractivity contribution in [3.05, 3.63) is 35.4 Å². The van der Waals surface area contributed by atoms with E-state index in [9.17, 15) is 27.6 Å². The van der Waals surface area contributed by atoms with Crippen LogP contribution < -0.4 is 0 Å². The average molecular weight is 304 g/mol. The second-order valence-corrected chi connectivity index (χ2v) is 4.09. The molecule has 0 saturated heterocycles. The second kappa shape index (κ2) is 6.87. The van der Waals surface area contributed by atoms with Gasteiger partial charge in [-0.25, -0.2) is 4.79 Å². The Balaban J connectivity index is 2.50. The summed E-state index contributed by atoms with van der Waals surface area (Å²) in [6.45, 7) is -0.365. The summed E-state index contributed by atoms with van der Waals surface area (Å²) in [6, 6.07) is 3.90. The molecule has 0 bridgehead atoms. The largest absolute Gasteiger partial charge is 0.481 e. The number of rotatable bonds is 6. The first-order chi connectivity index (χ1) is 9.70. The van der Waals surface area contributed by atoms with Gasteiger partial charge in [-0.1, -0.05) is 12.1 Å². The molecule has 0 radical (unpaired) electrons. The quantitative estimate of drug-likeness (QED) is 0.643. The number of carbonyl (C=O) groups is 3. The number of hydrogen-bond acceptors (Lipinski definition) is 4. The van der Waals surface area contributed by atoms with E-state index < -0.39 is 42.3 Å². The molecule has 0 spiro atoms. The minimum Gasteiger partial charge on any atom is -0.481 e. The molecule has 0 aromatic heterocycles. The third-order valence-electron chi connectivity index (χ3n) is 2.44. The molecule has 0 aliphatic rings. The van der Waals surface area contributed by atoms with Crippen LogP contribution in [0.25, 0.3) is 0 Å². The Morgan fingerprint density at radius 3 is 2.10 bits per heavy atom. The summed E-state index contributed by atoms with van der Waals surface area (Å²) in [5.41, 5.74) is -0.558. The van der Waals surface area contributed by atoms with Crippen LogP contribution in [-0.2, 0) is 31.9 Å². The number of carboxylic acid groups (broad SMARTS) is 1. The van der Waals surface area contributed by atoms with E-state index in [0.29, 0.717) is 0 Å². The van der Waals surface area contributed by atoms with Gasteiger partial charge < -0.3 is 9.84 Å². The molecule has 0 saturated carbocycles. The predicted octanol–water partition coefficient (Wildman–Crippen LogP) is 2.18. The van der Waals surface area contributed by atoms with E-state index >= 15 is 0 Å². The van der Waals surface area contributed by atoms with Crippen molar-refractivity contribution in [2.75, 3.05) is 0 Å². The first-order valence-corrected chi connectivity index (χ1v) is 5.78. The molecule has 0 heterocycles. The second-order valence-electron chi connectivity index (χ2n) is 4.09. The van der Waals surface area contributed by atoms with Crippen molar-refractivity contribution in [1.29, 1.82) is 0 Å². The highest BCUT2D eigenvalue weighted by atomic mass is 19.4. The molecular weight excluding hydrogens is 293 g/mol. The van der Waals surface area contributed by atoms with Crippen LogP contribution in [0.4, 0.5) is 13.2 Å². The SMILES string of the molecule is O=C(O)CCC(=O)C(=O)OCc1ccc(C(F)(F)F)cc1. The molecule has 0 fully saturated rings. The monoisotopic (exact) mass is 304 g/mol. The van der Waals surface area contributed by atoms with E-state index in [2.05, 4.69) is 4.74 Å². The highest BCUT2D eigenvalue weighted by Crippen LogP contribution is 2.29. The highest BCUT2D eigenvalue weighted by molar-refractivity contribution is 6.33. The molecule has 21 heavy (non-hydrogen) atoms. The van der Waals surface area contributed by atoms with Crippen molar-refractivity contribution >= 4 is 17.7 Å². The fourth-order valence-corrected chi connectivity index (χ4v) is 1.34. The molecule has 5 nitrogen and oxygen atoms in total. The van der Waals surface area contributed by atoms with Gasteiger partial charge in [-0.3, -0.25) is 9.59 Å². The molecule has 0 aliphatic carbocycles. The Morgan fingerprint density at radius 1 is 1.05 bits per heavy atom. The Morgan fingerprint density at radius 2 is 1.62 bits per heavy atom. The lowest BCUT2D eigenvalue weighted by molar-refractivity contribution is -0.155. The smallest absolute Gasteiger partial charge is 0.416 e. The Kier molecular flexibility index (Phi) is 5.45. The lowest BCUT2D eigenvalue weighted by Gasteiger charge is -2.08. The van der Waals surface area contributed by atoms with Crippen molar-refractivity contribution < 1.29 is 37.4 Å². The molecule has 8 heteroatoms.